The van der Waals surface area contributed by atoms with Crippen LogP contribution in [-0.4, -0.2) is 25.0 Å². The highest BCUT2D eigenvalue weighted by atomic mass is 15.1. The topological polar surface area (TPSA) is 3.24 Å². The van der Waals surface area contributed by atoms with E-state index in [4.69, 9.17) is 0 Å². The maximum Gasteiger partial charge on any atom is 0.0438 e. The number of hydrogen-bond acceptors (Lipinski definition) is 1. The number of nitrogens with zero attached hydrogens (tertiary/aromatic N) is 1. The Morgan fingerprint density at radius 3 is 2.70 bits per heavy atom. The first-order chi connectivity index (χ1) is 9.53. The SMILES string of the molecule is CC1=CC2CC2(C(C2=CC=C(C)CC=C2)N(C)C)C=C1. The first-order valence-corrected chi connectivity index (χ1v) is 7.61. The number of hydrogen-bond donors (Lipinski definition) is 0. The predicted octanol–water partition coefficient (Wildman–Crippen LogP) is 4.27. The van der Waals surface area contributed by atoms with E-state index in [2.05, 4.69) is 75.4 Å². The fourth-order valence-corrected chi connectivity index (χ4v) is 3.81. The van der Waals surface area contributed by atoms with Crippen molar-refractivity contribution in [2.45, 2.75) is 32.7 Å². The molecule has 0 amide bonds. The molecule has 0 radical (unpaired) electrons. The van der Waals surface area contributed by atoms with Gasteiger partial charge in [0, 0.05) is 11.5 Å². The molecule has 0 N–H and O–H groups in total. The average molecular weight is 267 g/mol. The first kappa shape index (κ1) is 13.6. The fourth-order valence-electron chi connectivity index (χ4n) is 3.81. The molecule has 0 spiro atoms. The second kappa shape index (κ2) is 4.89. The van der Waals surface area contributed by atoms with Gasteiger partial charge in [-0.15, -0.1) is 0 Å². The van der Waals surface area contributed by atoms with Gasteiger partial charge in [0.2, 0.25) is 0 Å². The largest absolute Gasteiger partial charge is 0.302 e. The van der Waals surface area contributed by atoms with Crippen LogP contribution in [0.1, 0.15) is 26.7 Å². The molecule has 20 heavy (non-hydrogen) atoms. The Labute approximate surface area is 123 Å². The van der Waals surface area contributed by atoms with Gasteiger partial charge >= 0.3 is 0 Å². The molecule has 0 aromatic rings. The van der Waals surface area contributed by atoms with E-state index in [1.165, 1.54) is 23.1 Å². The molecule has 1 heteroatoms. The van der Waals surface area contributed by atoms with Crippen molar-refractivity contribution < 1.29 is 0 Å². The molecule has 3 aliphatic carbocycles. The van der Waals surface area contributed by atoms with E-state index < -0.39 is 0 Å². The van der Waals surface area contributed by atoms with E-state index in [1.807, 2.05) is 0 Å². The van der Waals surface area contributed by atoms with Crippen molar-refractivity contribution in [3.63, 3.8) is 0 Å². The van der Waals surface area contributed by atoms with Gasteiger partial charge in [0.25, 0.3) is 0 Å². The zero-order valence-electron chi connectivity index (χ0n) is 13.1. The lowest BCUT2D eigenvalue weighted by Crippen LogP contribution is -2.38. The zero-order valence-corrected chi connectivity index (χ0v) is 13.1. The molecule has 0 bridgehead atoms. The molecule has 0 heterocycles. The quantitative estimate of drug-likeness (QED) is 0.738. The van der Waals surface area contributed by atoms with Gasteiger partial charge in [-0.2, -0.15) is 0 Å². The maximum absolute atomic E-state index is 2.47. The second-order valence-corrected chi connectivity index (χ2v) is 6.82. The minimum atomic E-state index is 0.325. The molecule has 1 fully saturated rings. The summed E-state index contributed by atoms with van der Waals surface area (Å²) in [4.78, 5) is 2.39. The minimum Gasteiger partial charge on any atom is -0.302 e. The Morgan fingerprint density at radius 2 is 2.00 bits per heavy atom. The van der Waals surface area contributed by atoms with Crippen LogP contribution in [0.2, 0.25) is 0 Å². The molecule has 0 saturated heterocycles. The summed E-state index contributed by atoms with van der Waals surface area (Å²) in [6.07, 6.45) is 18.8. The summed E-state index contributed by atoms with van der Waals surface area (Å²) in [5.41, 5.74) is 4.63. The van der Waals surface area contributed by atoms with Gasteiger partial charge in [-0.05, 0) is 52.3 Å². The van der Waals surface area contributed by atoms with Crippen molar-refractivity contribution in [3.8, 4) is 0 Å². The highest BCUT2D eigenvalue weighted by molar-refractivity contribution is 5.44. The number of allylic oxidation sites excluding steroid dienone is 7. The highest BCUT2D eigenvalue weighted by Crippen LogP contribution is 2.61. The van der Waals surface area contributed by atoms with E-state index >= 15 is 0 Å². The Balaban J connectivity index is 1.95. The van der Waals surface area contributed by atoms with Crippen LogP contribution >= 0.6 is 0 Å². The van der Waals surface area contributed by atoms with Crippen LogP contribution in [0.4, 0.5) is 0 Å². The van der Waals surface area contributed by atoms with E-state index in [0.29, 0.717) is 11.5 Å². The Kier molecular flexibility index (Phi) is 3.33. The highest BCUT2D eigenvalue weighted by Gasteiger charge is 2.58. The monoisotopic (exact) mass is 267 g/mol. The van der Waals surface area contributed by atoms with Crippen molar-refractivity contribution in [2.75, 3.05) is 14.1 Å². The van der Waals surface area contributed by atoms with Crippen molar-refractivity contribution in [3.05, 3.63) is 59.3 Å². The molecule has 0 aromatic heterocycles. The summed E-state index contributed by atoms with van der Waals surface area (Å²) in [5.74, 6) is 0.725. The molecule has 3 aliphatic rings. The molecule has 106 valence electrons. The van der Waals surface area contributed by atoms with Crippen molar-refractivity contribution in [1.82, 2.24) is 4.90 Å². The van der Waals surface area contributed by atoms with Crippen molar-refractivity contribution >= 4 is 0 Å². The second-order valence-electron chi connectivity index (χ2n) is 6.82. The van der Waals surface area contributed by atoms with Crippen molar-refractivity contribution in [2.24, 2.45) is 11.3 Å². The summed E-state index contributed by atoms with van der Waals surface area (Å²) in [5, 5.41) is 0. The van der Waals surface area contributed by atoms with Crippen LogP contribution in [0.3, 0.4) is 0 Å². The summed E-state index contributed by atoms with van der Waals surface area (Å²) in [6, 6.07) is 0.478. The summed E-state index contributed by atoms with van der Waals surface area (Å²) in [6.45, 7) is 4.42. The fraction of sp³-hybridized carbons (Fsp3) is 0.474. The predicted molar refractivity (Wildman–Crippen MR) is 86.5 cm³/mol. The molecule has 0 aromatic carbocycles. The summed E-state index contributed by atoms with van der Waals surface area (Å²) >= 11 is 0. The maximum atomic E-state index is 2.47. The molecular weight excluding hydrogens is 242 g/mol. The third-order valence-corrected chi connectivity index (χ3v) is 4.88. The van der Waals surface area contributed by atoms with Gasteiger partial charge in [0.1, 0.15) is 0 Å². The molecule has 3 atom stereocenters. The lowest BCUT2D eigenvalue weighted by molar-refractivity contribution is 0.255. The average Bonchev–Trinajstić information content (AvgIpc) is 3.11. The van der Waals surface area contributed by atoms with Gasteiger partial charge in [-0.3, -0.25) is 0 Å². The first-order valence-electron chi connectivity index (χ1n) is 7.61. The summed E-state index contributed by atoms with van der Waals surface area (Å²) < 4.78 is 0. The van der Waals surface area contributed by atoms with Crippen LogP contribution in [-0.2, 0) is 0 Å². The van der Waals surface area contributed by atoms with E-state index in [-0.39, 0.29) is 0 Å². The van der Waals surface area contributed by atoms with Crippen LogP contribution in [0.15, 0.2) is 59.3 Å². The Bertz CT molecular complexity index is 556. The third kappa shape index (κ3) is 2.25. The molecule has 0 aliphatic heterocycles. The Hall–Kier alpha value is -1.34. The number of rotatable bonds is 3. The minimum absolute atomic E-state index is 0.325. The van der Waals surface area contributed by atoms with Gasteiger partial charge in [0.15, 0.2) is 0 Å². The molecule has 3 rings (SSSR count). The standard InChI is InChI=1S/C19H25N/c1-14-6-5-7-16(9-8-14)18(20(3)4)19-11-10-15(2)12-17(19)13-19/h5,7-12,17-18H,6,13H2,1-4H3. The molecule has 1 nitrogen and oxygen atoms in total. The van der Waals surface area contributed by atoms with E-state index in [0.717, 1.165) is 12.3 Å². The molecule has 3 unspecified atom stereocenters. The Morgan fingerprint density at radius 1 is 1.20 bits per heavy atom. The van der Waals surface area contributed by atoms with Gasteiger partial charge < -0.3 is 4.90 Å². The number of fused-ring (bicyclic) bond motifs is 1. The normalized spacial score (nSPS) is 33.0. The lowest BCUT2D eigenvalue weighted by Gasteiger charge is -2.34. The van der Waals surface area contributed by atoms with Crippen LogP contribution in [0.5, 0.6) is 0 Å². The molecule has 1 saturated carbocycles. The van der Waals surface area contributed by atoms with Crippen LogP contribution in [0, 0.1) is 11.3 Å². The molecular formula is C19H25N. The van der Waals surface area contributed by atoms with Crippen LogP contribution < -0.4 is 0 Å². The van der Waals surface area contributed by atoms with Gasteiger partial charge in [0.05, 0.1) is 0 Å². The van der Waals surface area contributed by atoms with Crippen molar-refractivity contribution in [1.29, 1.82) is 0 Å². The third-order valence-electron chi connectivity index (χ3n) is 4.88. The lowest BCUT2D eigenvalue weighted by atomic mass is 9.83. The summed E-state index contributed by atoms with van der Waals surface area (Å²) in [7, 11) is 4.42. The van der Waals surface area contributed by atoms with Crippen LogP contribution in [0.25, 0.3) is 0 Å². The van der Waals surface area contributed by atoms with E-state index in [9.17, 15) is 0 Å². The zero-order chi connectivity index (χ0) is 14.3. The van der Waals surface area contributed by atoms with Gasteiger partial charge in [-0.1, -0.05) is 53.7 Å². The number of likely N-dealkylation sites (N-methyl/N-ethyl adjacent to an activating group) is 1. The van der Waals surface area contributed by atoms with E-state index in [1.54, 1.807) is 0 Å². The van der Waals surface area contributed by atoms with Gasteiger partial charge in [-0.25, -0.2) is 0 Å². The smallest absolute Gasteiger partial charge is 0.0438 e.